The van der Waals surface area contributed by atoms with Crippen LogP contribution in [0.2, 0.25) is 5.02 Å². The summed E-state index contributed by atoms with van der Waals surface area (Å²) in [7, 11) is 0. The zero-order valence-corrected chi connectivity index (χ0v) is 11.7. The number of rotatable bonds is 6. The molecule has 1 aromatic carbocycles. The molecule has 0 unspecified atom stereocenters. The number of alkyl halides is 3. The maximum absolute atomic E-state index is 12.0. The van der Waals surface area contributed by atoms with Crippen molar-refractivity contribution in [3.05, 3.63) is 32.8 Å². The average Bonchev–Trinajstić information content (AvgIpc) is 2.33. The third-order valence-electron chi connectivity index (χ3n) is 2.19. The number of thioether (sulfide) groups is 1. The first-order valence-corrected chi connectivity index (χ1v) is 6.64. The van der Waals surface area contributed by atoms with Crippen LogP contribution >= 0.6 is 23.4 Å². The van der Waals surface area contributed by atoms with E-state index in [1.54, 1.807) is 0 Å². The van der Waals surface area contributed by atoms with Crippen molar-refractivity contribution in [3.63, 3.8) is 0 Å². The molecule has 11 heteroatoms. The van der Waals surface area contributed by atoms with E-state index in [2.05, 4.69) is 5.32 Å². The molecular formula is C10H8ClF3N2O4S. The van der Waals surface area contributed by atoms with Crippen molar-refractivity contribution in [2.45, 2.75) is 5.51 Å². The molecule has 0 aromatic heterocycles. The second kappa shape index (κ2) is 6.85. The third kappa shape index (κ3) is 5.31. The number of hydrogen-bond acceptors (Lipinski definition) is 5. The third-order valence-corrected chi connectivity index (χ3v) is 3.22. The first-order valence-electron chi connectivity index (χ1n) is 5.27. The molecule has 21 heavy (non-hydrogen) atoms. The van der Waals surface area contributed by atoms with Gasteiger partial charge in [-0.05, 0) is 11.8 Å². The van der Waals surface area contributed by atoms with Crippen LogP contribution in [-0.4, -0.2) is 33.8 Å². The fourth-order valence-electron chi connectivity index (χ4n) is 1.39. The van der Waals surface area contributed by atoms with Crippen molar-refractivity contribution >= 4 is 40.7 Å². The molecular weight excluding hydrogens is 337 g/mol. The summed E-state index contributed by atoms with van der Waals surface area (Å²) in [5.74, 6) is -1.85. The van der Waals surface area contributed by atoms with E-state index < -0.39 is 27.7 Å². The molecule has 0 saturated heterocycles. The molecule has 0 heterocycles. The van der Waals surface area contributed by atoms with Gasteiger partial charge in [0.05, 0.1) is 21.2 Å². The van der Waals surface area contributed by atoms with Crippen molar-refractivity contribution in [1.29, 1.82) is 0 Å². The Balaban J connectivity index is 2.91. The quantitative estimate of drug-likeness (QED) is 0.465. The lowest BCUT2D eigenvalue weighted by atomic mass is 10.1. The largest absolute Gasteiger partial charge is 0.478 e. The Labute approximate surface area is 125 Å². The Morgan fingerprint density at radius 2 is 2.10 bits per heavy atom. The molecule has 0 bridgehead atoms. The summed E-state index contributed by atoms with van der Waals surface area (Å²) < 4.78 is 35.9. The highest BCUT2D eigenvalue weighted by molar-refractivity contribution is 8.00. The van der Waals surface area contributed by atoms with E-state index in [9.17, 15) is 28.1 Å². The lowest BCUT2D eigenvalue weighted by Crippen LogP contribution is -2.13. The average molecular weight is 345 g/mol. The van der Waals surface area contributed by atoms with Crippen molar-refractivity contribution < 1.29 is 28.0 Å². The maximum Gasteiger partial charge on any atom is 0.441 e. The molecule has 1 rings (SSSR count). The van der Waals surface area contributed by atoms with Gasteiger partial charge in [-0.15, -0.1) is 0 Å². The Hall–Kier alpha value is -1.68. The first kappa shape index (κ1) is 17.4. The molecule has 0 radical (unpaired) electrons. The lowest BCUT2D eigenvalue weighted by Gasteiger charge is -2.12. The molecule has 0 saturated carbocycles. The number of benzene rings is 1. The van der Waals surface area contributed by atoms with Crippen LogP contribution in [-0.2, 0) is 0 Å². The number of aromatic carboxylic acids is 1. The summed E-state index contributed by atoms with van der Waals surface area (Å²) >= 11 is 5.45. The van der Waals surface area contributed by atoms with Crippen LogP contribution < -0.4 is 5.32 Å². The molecule has 0 spiro atoms. The Bertz CT molecular complexity index is 568. The summed E-state index contributed by atoms with van der Waals surface area (Å²) in [5, 5.41) is 21.8. The number of anilines is 1. The second-order valence-electron chi connectivity index (χ2n) is 3.63. The molecule has 0 atom stereocenters. The number of carboxylic acids is 1. The van der Waals surface area contributed by atoms with Crippen molar-refractivity contribution in [1.82, 2.24) is 0 Å². The first-order chi connectivity index (χ1) is 9.61. The van der Waals surface area contributed by atoms with Gasteiger partial charge in [-0.3, -0.25) is 10.1 Å². The van der Waals surface area contributed by atoms with Gasteiger partial charge < -0.3 is 10.4 Å². The van der Waals surface area contributed by atoms with Gasteiger partial charge in [0.2, 0.25) is 0 Å². The van der Waals surface area contributed by atoms with E-state index in [4.69, 9.17) is 16.7 Å². The second-order valence-corrected chi connectivity index (χ2v) is 5.20. The predicted octanol–water partition coefficient (Wildman–Crippen LogP) is 3.61. The molecule has 0 aliphatic rings. The summed E-state index contributed by atoms with van der Waals surface area (Å²) in [6, 6.07) is 1.71. The highest BCUT2D eigenvalue weighted by atomic mass is 35.5. The number of nitro benzene ring substituents is 1. The number of carbonyl (C=O) groups is 1. The molecule has 116 valence electrons. The number of nitrogens with one attached hydrogen (secondary N) is 1. The summed E-state index contributed by atoms with van der Waals surface area (Å²) in [6.45, 7) is -0.206. The lowest BCUT2D eigenvalue weighted by molar-refractivity contribution is -0.384. The minimum absolute atomic E-state index is 0.155. The fourth-order valence-corrected chi connectivity index (χ4v) is 2.10. The van der Waals surface area contributed by atoms with Gasteiger partial charge in [-0.2, -0.15) is 13.2 Å². The normalized spacial score (nSPS) is 11.2. The minimum atomic E-state index is -4.39. The SMILES string of the molecule is O=C(O)c1cc([N+](=O)[O-])cc(Cl)c1NCCSC(F)(F)F. The van der Waals surface area contributed by atoms with Crippen LogP contribution in [0.5, 0.6) is 0 Å². The molecule has 6 nitrogen and oxygen atoms in total. The summed E-state index contributed by atoms with van der Waals surface area (Å²) in [5.41, 5.74) is -5.55. The van der Waals surface area contributed by atoms with E-state index in [1.807, 2.05) is 0 Å². The maximum atomic E-state index is 12.0. The van der Waals surface area contributed by atoms with Crippen molar-refractivity contribution in [3.8, 4) is 0 Å². The number of halogens is 4. The van der Waals surface area contributed by atoms with E-state index in [-0.39, 0.29) is 34.8 Å². The minimum Gasteiger partial charge on any atom is -0.478 e. The van der Waals surface area contributed by atoms with Gasteiger partial charge in [0, 0.05) is 24.4 Å². The number of carboxylic acid groups (broad SMARTS) is 1. The van der Waals surface area contributed by atoms with Gasteiger partial charge >= 0.3 is 11.5 Å². The monoisotopic (exact) mass is 344 g/mol. The van der Waals surface area contributed by atoms with Crippen molar-refractivity contribution in [2.75, 3.05) is 17.6 Å². The molecule has 0 aliphatic heterocycles. The van der Waals surface area contributed by atoms with E-state index in [1.165, 1.54) is 0 Å². The van der Waals surface area contributed by atoms with Crippen LogP contribution in [0.4, 0.5) is 24.5 Å². The van der Waals surface area contributed by atoms with Gasteiger partial charge in [-0.1, -0.05) is 11.6 Å². The van der Waals surface area contributed by atoms with Crippen molar-refractivity contribution in [2.24, 2.45) is 0 Å². The highest BCUT2D eigenvalue weighted by Crippen LogP contribution is 2.33. The van der Waals surface area contributed by atoms with E-state index in [0.717, 1.165) is 12.1 Å². The van der Waals surface area contributed by atoms with Gasteiger partial charge in [0.25, 0.3) is 5.69 Å². The van der Waals surface area contributed by atoms with Gasteiger partial charge in [-0.25, -0.2) is 4.79 Å². The summed E-state index contributed by atoms with van der Waals surface area (Å²) in [6.07, 6.45) is 0. The van der Waals surface area contributed by atoms with Crippen LogP contribution in [0.3, 0.4) is 0 Å². The standard InChI is InChI=1S/C10H8ClF3N2O4S/c11-7-4-5(16(19)20)3-6(9(17)18)8(7)15-1-2-21-10(12,13)14/h3-4,15H,1-2H2,(H,17,18). The van der Waals surface area contributed by atoms with Crippen LogP contribution in [0.15, 0.2) is 12.1 Å². The fraction of sp³-hybridized carbons (Fsp3) is 0.300. The number of non-ortho nitro benzene ring substituents is 1. The van der Waals surface area contributed by atoms with Gasteiger partial charge in [0.1, 0.15) is 0 Å². The molecule has 0 amide bonds. The smallest absolute Gasteiger partial charge is 0.441 e. The molecule has 0 aliphatic carbocycles. The number of hydrogen-bond donors (Lipinski definition) is 2. The van der Waals surface area contributed by atoms with E-state index in [0.29, 0.717) is 0 Å². The summed E-state index contributed by atoms with van der Waals surface area (Å²) in [4.78, 5) is 20.8. The Morgan fingerprint density at radius 1 is 1.48 bits per heavy atom. The highest BCUT2D eigenvalue weighted by Gasteiger charge is 2.27. The van der Waals surface area contributed by atoms with Crippen LogP contribution in [0.25, 0.3) is 0 Å². The zero-order chi connectivity index (χ0) is 16.2. The number of nitrogens with zero attached hydrogens (tertiary/aromatic N) is 1. The molecule has 1 aromatic rings. The Morgan fingerprint density at radius 3 is 2.57 bits per heavy atom. The zero-order valence-electron chi connectivity index (χ0n) is 10.1. The topological polar surface area (TPSA) is 92.5 Å². The van der Waals surface area contributed by atoms with E-state index >= 15 is 0 Å². The van der Waals surface area contributed by atoms with Crippen LogP contribution in [0.1, 0.15) is 10.4 Å². The molecule has 0 fully saturated rings. The van der Waals surface area contributed by atoms with Crippen LogP contribution in [0, 0.1) is 10.1 Å². The predicted molar refractivity (Wildman–Crippen MR) is 72.1 cm³/mol. The molecule has 2 N–H and O–H groups in total. The van der Waals surface area contributed by atoms with Gasteiger partial charge in [0.15, 0.2) is 0 Å². The Kier molecular flexibility index (Phi) is 5.67. The number of nitro groups is 1.